The van der Waals surface area contributed by atoms with Crippen molar-refractivity contribution in [3.05, 3.63) is 88.3 Å². The second-order valence-corrected chi connectivity index (χ2v) is 6.10. The van der Waals surface area contributed by atoms with E-state index in [1.165, 1.54) is 4.68 Å². The summed E-state index contributed by atoms with van der Waals surface area (Å²) in [5, 5.41) is 5.02. The zero-order valence-electron chi connectivity index (χ0n) is 14.3. The van der Waals surface area contributed by atoms with E-state index in [0.29, 0.717) is 11.3 Å². The van der Waals surface area contributed by atoms with Gasteiger partial charge in [0.05, 0.1) is 16.9 Å². The summed E-state index contributed by atoms with van der Waals surface area (Å²) in [6.07, 6.45) is 1.62. The summed E-state index contributed by atoms with van der Waals surface area (Å²) in [5.41, 5.74) is 9.49. The molecular weight excluding hydrogens is 324 g/mol. The van der Waals surface area contributed by atoms with Crippen molar-refractivity contribution < 1.29 is 0 Å². The number of aliphatic imine (C=N–C) groups is 1. The Hall–Kier alpha value is -3.60. The number of anilines is 1. The minimum absolute atomic E-state index is 0.128. The number of nitrogens with two attached hydrogens (primary N) is 1. The van der Waals surface area contributed by atoms with E-state index >= 15 is 0 Å². The number of nitrogens with zero attached hydrogens (tertiary/aromatic N) is 2. The van der Waals surface area contributed by atoms with E-state index in [1.807, 2.05) is 73.7 Å². The number of aromatic nitrogens is 2. The van der Waals surface area contributed by atoms with Gasteiger partial charge in [-0.15, -0.1) is 0 Å². The zero-order chi connectivity index (χ0) is 18.1. The molecule has 0 amide bonds. The highest BCUT2D eigenvalue weighted by molar-refractivity contribution is 6.01. The molecule has 1 aromatic heterocycles. The molecular formula is C21H18N4O. The molecule has 0 aliphatic rings. The van der Waals surface area contributed by atoms with Crippen molar-refractivity contribution in [2.45, 2.75) is 6.92 Å². The van der Waals surface area contributed by atoms with Gasteiger partial charge in [-0.05, 0) is 31.2 Å². The predicted octanol–water partition coefficient (Wildman–Crippen LogP) is 3.96. The molecule has 0 saturated carbocycles. The predicted molar refractivity (Wildman–Crippen MR) is 107 cm³/mol. The SMILES string of the molecule is Cc1[nH]n(-c2ccccc2)c(=O)c1C=Nc1cccc2c(N)cccc12. The summed E-state index contributed by atoms with van der Waals surface area (Å²) < 4.78 is 1.53. The first kappa shape index (κ1) is 15.9. The van der Waals surface area contributed by atoms with Gasteiger partial charge in [0.25, 0.3) is 5.56 Å². The van der Waals surface area contributed by atoms with E-state index in [4.69, 9.17) is 5.73 Å². The number of aryl methyl sites for hydroxylation is 1. The lowest BCUT2D eigenvalue weighted by Crippen LogP contribution is -2.17. The van der Waals surface area contributed by atoms with Crippen LogP contribution in [0.25, 0.3) is 16.5 Å². The third kappa shape index (κ3) is 2.69. The van der Waals surface area contributed by atoms with Crippen LogP contribution in [0.4, 0.5) is 11.4 Å². The molecule has 0 aliphatic carbocycles. The van der Waals surface area contributed by atoms with Crippen LogP contribution in [0.5, 0.6) is 0 Å². The van der Waals surface area contributed by atoms with Crippen molar-refractivity contribution in [3.8, 4) is 5.69 Å². The van der Waals surface area contributed by atoms with Crippen LogP contribution < -0.4 is 11.3 Å². The largest absolute Gasteiger partial charge is 0.398 e. The molecule has 1 heterocycles. The fourth-order valence-corrected chi connectivity index (χ4v) is 3.03. The van der Waals surface area contributed by atoms with Gasteiger partial charge < -0.3 is 5.73 Å². The first-order valence-corrected chi connectivity index (χ1v) is 8.33. The van der Waals surface area contributed by atoms with Crippen LogP contribution in [0.2, 0.25) is 0 Å². The molecule has 128 valence electrons. The molecule has 3 aromatic carbocycles. The fraction of sp³-hybridized carbons (Fsp3) is 0.0476. The molecule has 0 saturated heterocycles. The van der Waals surface area contributed by atoms with E-state index in [0.717, 1.165) is 27.8 Å². The van der Waals surface area contributed by atoms with Gasteiger partial charge >= 0.3 is 0 Å². The number of hydrogen-bond acceptors (Lipinski definition) is 3. The smallest absolute Gasteiger partial charge is 0.280 e. The number of hydrogen-bond donors (Lipinski definition) is 2. The Morgan fingerprint density at radius 2 is 1.69 bits per heavy atom. The maximum Gasteiger partial charge on any atom is 0.280 e. The maximum atomic E-state index is 12.7. The van der Waals surface area contributed by atoms with Crippen molar-refractivity contribution in [3.63, 3.8) is 0 Å². The monoisotopic (exact) mass is 342 g/mol. The van der Waals surface area contributed by atoms with E-state index in [1.54, 1.807) is 6.21 Å². The Bertz CT molecular complexity index is 1170. The van der Waals surface area contributed by atoms with Crippen molar-refractivity contribution in [1.82, 2.24) is 9.78 Å². The van der Waals surface area contributed by atoms with Crippen molar-refractivity contribution in [2.75, 3.05) is 5.73 Å². The number of fused-ring (bicyclic) bond motifs is 1. The topological polar surface area (TPSA) is 76.2 Å². The second-order valence-electron chi connectivity index (χ2n) is 6.10. The van der Waals surface area contributed by atoms with Gasteiger partial charge in [0.2, 0.25) is 0 Å². The normalized spacial score (nSPS) is 11.4. The minimum Gasteiger partial charge on any atom is -0.398 e. The Kier molecular flexibility index (Phi) is 3.89. The van der Waals surface area contributed by atoms with Gasteiger partial charge in [-0.3, -0.25) is 14.9 Å². The number of aromatic amines is 1. The number of para-hydroxylation sites is 1. The summed E-state index contributed by atoms with van der Waals surface area (Å²) in [4.78, 5) is 17.3. The Balaban J connectivity index is 1.79. The molecule has 4 aromatic rings. The molecule has 3 N–H and O–H groups in total. The van der Waals surface area contributed by atoms with Gasteiger partial charge in [0.1, 0.15) is 0 Å². The number of nitrogens with one attached hydrogen (secondary N) is 1. The lowest BCUT2D eigenvalue weighted by atomic mass is 10.1. The summed E-state index contributed by atoms with van der Waals surface area (Å²) in [5.74, 6) is 0. The van der Waals surface area contributed by atoms with E-state index in [2.05, 4.69) is 10.1 Å². The van der Waals surface area contributed by atoms with Gasteiger partial charge in [-0.1, -0.05) is 42.5 Å². The number of rotatable bonds is 3. The summed E-state index contributed by atoms with van der Waals surface area (Å²) in [7, 11) is 0. The first-order chi connectivity index (χ1) is 12.6. The zero-order valence-corrected chi connectivity index (χ0v) is 14.3. The van der Waals surface area contributed by atoms with Gasteiger partial charge in [-0.25, -0.2) is 4.68 Å². The van der Waals surface area contributed by atoms with Crippen LogP contribution in [0.1, 0.15) is 11.3 Å². The fourth-order valence-electron chi connectivity index (χ4n) is 3.03. The molecule has 0 spiro atoms. The Labute approximate surface area is 150 Å². The van der Waals surface area contributed by atoms with Crippen LogP contribution in [0, 0.1) is 6.92 Å². The van der Waals surface area contributed by atoms with Crippen LogP contribution in [0.15, 0.2) is 76.5 Å². The Morgan fingerprint density at radius 1 is 0.962 bits per heavy atom. The highest BCUT2D eigenvalue weighted by Gasteiger charge is 2.10. The average molecular weight is 342 g/mol. The minimum atomic E-state index is -0.128. The van der Waals surface area contributed by atoms with Crippen LogP contribution in [-0.2, 0) is 0 Å². The van der Waals surface area contributed by atoms with Crippen LogP contribution in [0.3, 0.4) is 0 Å². The quantitative estimate of drug-likeness (QED) is 0.437. The first-order valence-electron chi connectivity index (χ1n) is 8.33. The molecule has 0 aliphatic heterocycles. The van der Waals surface area contributed by atoms with Crippen LogP contribution in [-0.4, -0.2) is 16.0 Å². The Morgan fingerprint density at radius 3 is 2.50 bits per heavy atom. The van der Waals surface area contributed by atoms with Gasteiger partial charge in [0.15, 0.2) is 0 Å². The van der Waals surface area contributed by atoms with E-state index in [-0.39, 0.29) is 5.56 Å². The molecule has 4 rings (SSSR count). The summed E-state index contributed by atoms with van der Waals surface area (Å²) in [6, 6.07) is 21.0. The van der Waals surface area contributed by atoms with E-state index in [9.17, 15) is 4.79 Å². The highest BCUT2D eigenvalue weighted by Crippen LogP contribution is 2.29. The van der Waals surface area contributed by atoms with Crippen LogP contribution >= 0.6 is 0 Å². The third-order valence-electron chi connectivity index (χ3n) is 4.40. The highest BCUT2D eigenvalue weighted by atomic mass is 16.1. The molecule has 5 nitrogen and oxygen atoms in total. The van der Waals surface area contributed by atoms with Crippen molar-refractivity contribution >= 4 is 28.4 Å². The second kappa shape index (κ2) is 6.37. The average Bonchev–Trinajstić information content (AvgIpc) is 2.95. The van der Waals surface area contributed by atoms with Crippen molar-refractivity contribution in [1.29, 1.82) is 0 Å². The number of H-pyrrole nitrogens is 1. The number of nitrogen functional groups attached to an aromatic ring is 1. The van der Waals surface area contributed by atoms with E-state index < -0.39 is 0 Å². The molecule has 5 heteroatoms. The van der Waals surface area contributed by atoms with Gasteiger partial charge in [0, 0.05) is 28.4 Å². The van der Waals surface area contributed by atoms with Gasteiger partial charge in [-0.2, -0.15) is 0 Å². The molecule has 0 atom stereocenters. The number of benzene rings is 3. The molecule has 0 unspecified atom stereocenters. The molecule has 26 heavy (non-hydrogen) atoms. The molecule has 0 bridgehead atoms. The summed E-state index contributed by atoms with van der Waals surface area (Å²) in [6.45, 7) is 1.86. The lowest BCUT2D eigenvalue weighted by molar-refractivity contribution is 0.835. The third-order valence-corrected chi connectivity index (χ3v) is 4.40. The molecule has 0 radical (unpaired) electrons. The lowest BCUT2D eigenvalue weighted by Gasteiger charge is -2.04. The van der Waals surface area contributed by atoms with Crippen molar-refractivity contribution in [2.24, 2.45) is 4.99 Å². The summed E-state index contributed by atoms with van der Waals surface area (Å²) >= 11 is 0. The maximum absolute atomic E-state index is 12.7. The molecule has 0 fully saturated rings. The standard InChI is InChI=1S/C21H18N4O/c1-14-18(21(26)25(24-14)15-7-3-2-4-8-15)13-23-20-12-6-9-16-17(20)10-5-11-19(16)22/h2-13,24H,22H2,1H3.